The van der Waals surface area contributed by atoms with Gasteiger partial charge in [-0.2, -0.15) is 5.10 Å². The molecule has 0 spiro atoms. The van der Waals surface area contributed by atoms with E-state index in [9.17, 15) is 4.79 Å². The molecular weight excluding hydrogens is 262 g/mol. The highest BCUT2D eigenvalue weighted by Crippen LogP contribution is 2.27. The number of nitrogens with zero attached hydrogens (tertiary/aromatic N) is 2. The van der Waals surface area contributed by atoms with E-state index in [1.54, 1.807) is 6.20 Å². The average molecular weight is 282 g/mol. The van der Waals surface area contributed by atoms with Crippen LogP contribution in [0.2, 0.25) is 5.02 Å². The molecule has 5 heteroatoms. The highest BCUT2D eigenvalue weighted by atomic mass is 35.5. The summed E-state index contributed by atoms with van der Waals surface area (Å²) in [4.78, 5) is 12.3. The van der Waals surface area contributed by atoms with Gasteiger partial charge in [0.2, 0.25) is 0 Å². The quantitative estimate of drug-likeness (QED) is 0.815. The van der Waals surface area contributed by atoms with E-state index in [1.165, 1.54) is 23.9 Å². The summed E-state index contributed by atoms with van der Waals surface area (Å²) in [5, 5.41) is 7.66. The van der Waals surface area contributed by atoms with Crippen molar-refractivity contribution in [2.45, 2.75) is 45.2 Å². The Kier molecular flexibility index (Phi) is 4.64. The predicted octanol–water partition coefficient (Wildman–Crippen LogP) is 3.07. The zero-order valence-electron chi connectivity index (χ0n) is 11.2. The maximum absolute atomic E-state index is 12.3. The molecule has 1 saturated carbocycles. The standard InChI is InChI=1S/C14H20ClN3O/c1-3-5-10(2)17-13-12(15)8-16-18(14(13)19)9-11-6-4-7-11/h3,8,10-11,17H,1,4-7,9H2,2H3. The Morgan fingerprint density at radius 2 is 2.42 bits per heavy atom. The zero-order chi connectivity index (χ0) is 13.8. The topological polar surface area (TPSA) is 46.9 Å². The average Bonchev–Trinajstić information content (AvgIpc) is 2.32. The van der Waals surface area contributed by atoms with Crippen molar-refractivity contribution in [3.63, 3.8) is 0 Å². The van der Waals surface area contributed by atoms with E-state index in [0.717, 1.165) is 6.42 Å². The van der Waals surface area contributed by atoms with E-state index in [4.69, 9.17) is 11.6 Å². The molecule has 1 atom stereocenters. The lowest BCUT2D eigenvalue weighted by Crippen LogP contribution is -2.32. The summed E-state index contributed by atoms with van der Waals surface area (Å²) in [6.07, 6.45) is 7.78. The first kappa shape index (κ1) is 14.1. The van der Waals surface area contributed by atoms with E-state index in [2.05, 4.69) is 17.0 Å². The van der Waals surface area contributed by atoms with Crippen LogP contribution in [0.1, 0.15) is 32.6 Å². The van der Waals surface area contributed by atoms with Gasteiger partial charge in [-0.05, 0) is 32.1 Å². The minimum absolute atomic E-state index is 0.127. The number of halogens is 1. The summed E-state index contributed by atoms with van der Waals surface area (Å²) in [5.41, 5.74) is 0.320. The summed E-state index contributed by atoms with van der Waals surface area (Å²) in [6.45, 7) is 6.38. The van der Waals surface area contributed by atoms with Crippen molar-refractivity contribution in [1.82, 2.24) is 9.78 Å². The van der Waals surface area contributed by atoms with E-state index < -0.39 is 0 Å². The van der Waals surface area contributed by atoms with Crippen molar-refractivity contribution in [3.8, 4) is 0 Å². The second-order valence-corrected chi connectivity index (χ2v) is 5.63. The van der Waals surface area contributed by atoms with E-state index in [0.29, 0.717) is 23.2 Å². The van der Waals surface area contributed by atoms with Crippen molar-refractivity contribution in [2.24, 2.45) is 5.92 Å². The molecule has 0 amide bonds. The van der Waals surface area contributed by atoms with Gasteiger partial charge in [0.05, 0.1) is 11.2 Å². The molecule has 1 N–H and O–H groups in total. The minimum Gasteiger partial charge on any atom is -0.377 e. The Morgan fingerprint density at radius 3 is 3.00 bits per heavy atom. The zero-order valence-corrected chi connectivity index (χ0v) is 12.0. The molecule has 1 heterocycles. The van der Waals surface area contributed by atoms with Gasteiger partial charge >= 0.3 is 0 Å². The normalized spacial score (nSPS) is 16.7. The van der Waals surface area contributed by atoms with Crippen LogP contribution in [-0.2, 0) is 6.54 Å². The van der Waals surface area contributed by atoms with E-state index in [-0.39, 0.29) is 11.6 Å². The van der Waals surface area contributed by atoms with Crippen molar-refractivity contribution in [2.75, 3.05) is 5.32 Å². The molecule has 0 aliphatic heterocycles. The van der Waals surface area contributed by atoms with Gasteiger partial charge in [-0.1, -0.05) is 24.1 Å². The van der Waals surface area contributed by atoms with Crippen molar-refractivity contribution < 1.29 is 0 Å². The monoisotopic (exact) mass is 281 g/mol. The second-order valence-electron chi connectivity index (χ2n) is 5.22. The molecule has 19 heavy (non-hydrogen) atoms. The molecule has 104 valence electrons. The van der Waals surface area contributed by atoms with Gasteiger partial charge in [0, 0.05) is 12.6 Å². The van der Waals surface area contributed by atoms with Crippen LogP contribution in [0, 0.1) is 5.92 Å². The van der Waals surface area contributed by atoms with Crippen molar-refractivity contribution in [1.29, 1.82) is 0 Å². The highest BCUT2D eigenvalue weighted by molar-refractivity contribution is 6.33. The SMILES string of the molecule is C=CCC(C)Nc1c(Cl)cnn(CC2CCC2)c1=O. The Labute approximate surface area is 118 Å². The highest BCUT2D eigenvalue weighted by Gasteiger charge is 2.20. The number of nitrogens with one attached hydrogen (secondary N) is 1. The summed E-state index contributed by atoms with van der Waals surface area (Å²) in [6, 6.07) is 0.127. The summed E-state index contributed by atoms with van der Waals surface area (Å²) in [5.74, 6) is 0.588. The van der Waals surface area contributed by atoms with Gasteiger partial charge in [-0.25, -0.2) is 4.68 Å². The molecule has 0 aromatic carbocycles. The van der Waals surface area contributed by atoms with Crippen molar-refractivity contribution >= 4 is 17.3 Å². The van der Waals surface area contributed by atoms with E-state index >= 15 is 0 Å². The molecule has 4 nitrogen and oxygen atoms in total. The maximum atomic E-state index is 12.3. The fraction of sp³-hybridized carbons (Fsp3) is 0.571. The molecule has 0 radical (unpaired) electrons. The maximum Gasteiger partial charge on any atom is 0.291 e. The Bertz CT molecular complexity index is 508. The summed E-state index contributed by atoms with van der Waals surface area (Å²) >= 11 is 6.07. The summed E-state index contributed by atoms with van der Waals surface area (Å²) < 4.78 is 1.53. The Hall–Kier alpha value is -1.29. The lowest BCUT2D eigenvalue weighted by Gasteiger charge is -2.25. The molecule has 1 unspecified atom stereocenters. The molecule has 0 saturated heterocycles. The Morgan fingerprint density at radius 1 is 1.68 bits per heavy atom. The third-order valence-electron chi connectivity index (χ3n) is 3.56. The van der Waals surface area contributed by atoms with Crippen LogP contribution in [0.25, 0.3) is 0 Å². The van der Waals surface area contributed by atoms with Gasteiger partial charge in [-0.3, -0.25) is 4.79 Å². The van der Waals surface area contributed by atoms with E-state index in [1.807, 2.05) is 13.0 Å². The van der Waals surface area contributed by atoms with Crippen molar-refractivity contribution in [3.05, 3.63) is 34.2 Å². The number of rotatable bonds is 6. The lowest BCUT2D eigenvalue weighted by atomic mass is 9.85. The van der Waals surface area contributed by atoms with Crippen LogP contribution in [0.3, 0.4) is 0 Å². The van der Waals surface area contributed by atoms with Gasteiger partial charge in [0.1, 0.15) is 5.69 Å². The number of hydrogen-bond acceptors (Lipinski definition) is 3. The third-order valence-corrected chi connectivity index (χ3v) is 3.85. The van der Waals surface area contributed by atoms with Crippen LogP contribution in [0.4, 0.5) is 5.69 Å². The van der Waals surface area contributed by atoms with Gasteiger partial charge < -0.3 is 5.32 Å². The van der Waals surface area contributed by atoms with Crippen LogP contribution < -0.4 is 10.9 Å². The van der Waals surface area contributed by atoms with Crippen LogP contribution >= 0.6 is 11.6 Å². The lowest BCUT2D eigenvalue weighted by molar-refractivity contribution is 0.262. The van der Waals surface area contributed by atoms with Gasteiger partial charge in [0.15, 0.2) is 0 Å². The molecule has 0 bridgehead atoms. The Balaban J connectivity index is 2.18. The molecule has 1 fully saturated rings. The molecule has 1 aliphatic rings. The smallest absolute Gasteiger partial charge is 0.291 e. The van der Waals surface area contributed by atoms with Gasteiger partial charge in [-0.15, -0.1) is 6.58 Å². The van der Waals surface area contributed by atoms with Crippen LogP contribution in [0.15, 0.2) is 23.6 Å². The molecule has 1 aromatic heterocycles. The fourth-order valence-corrected chi connectivity index (χ4v) is 2.38. The fourth-order valence-electron chi connectivity index (χ4n) is 2.20. The largest absolute Gasteiger partial charge is 0.377 e. The number of aromatic nitrogens is 2. The number of hydrogen-bond donors (Lipinski definition) is 1. The molecule has 1 aromatic rings. The molecule has 1 aliphatic carbocycles. The summed E-state index contributed by atoms with van der Waals surface area (Å²) in [7, 11) is 0. The first-order valence-corrected chi connectivity index (χ1v) is 7.12. The van der Waals surface area contributed by atoms with Crippen LogP contribution in [0.5, 0.6) is 0 Å². The van der Waals surface area contributed by atoms with Gasteiger partial charge in [0.25, 0.3) is 5.56 Å². The van der Waals surface area contributed by atoms with Crippen LogP contribution in [-0.4, -0.2) is 15.8 Å². The minimum atomic E-state index is -0.129. The number of anilines is 1. The first-order valence-electron chi connectivity index (χ1n) is 6.75. The molecule has 2 rings (SSSR count). The third kappa shape index (κ3) is 3.38. The molecular formula is C14H20ClN3O. The predicted molar refractivity (Wildman–Crippen MR) is 78.7 cm³/mol. The first-order chi connectivity index (χ1) is 9.11. The second kappa shape index (κ2) is 6.24.